The van der Waals surface area contributed by atoms with E-state index in [2.05, 4.69) is 10.6 Å². The Bertz CT molecular complexity index is 538. The molecular weight excluding hydrogens is 307 g/mol. The molecule has 6 nitrogen and oxygen atoms in total. The maximum atomic E-state index is 11.8. The van der Waals surface area contributed by atoms with Gasteiger partial charge in [-0.2, -0.15) is 0 Å². The standard InChI is InChI=1S/C12H12Cl2N2O4/c13-7-2-1-3-8(10(7)14)15-12(19)16-9-5-20-4-6(9)11(17)18/h1-3,6,9H,4-5H2,(H,17,18)(H2,15,16,19). The lowest BCUT2D eigenvalue weighted by Gasteiger charge is -2.16. The van der Waals surface area contributed by atoms with Crippen molar-refractivity contribution in [2.45, 2.75) is 6.04 Å². The van der Waals surface area contributed by atoms with Crippen LogP contribution in [0.15, 0.2) is 18.2 Å². The van der Waals surface area contributed by atoms with E-state index in [1.54, 1.807) is 18.2 Å². The van der Waals surface area contributed by atoms with Crippen molar-refractivity contribution in [3.8, 4) is 0 Å². The number of halogens is 2. The van der Waals surface area contributed by atoms with Crippen LogP contribution in [-0.2, 0) is 9.53 Å². The Balaban J connectivity index is 1.99. The first-order chi connectivity index (χ1) is 9.49. The number of aliphatic carboxylic acids is 1. The molecule has 0 spiro atoms. The second kappa shape index (κ2) is 6.30. The van der Waals surface area contributed by atoms with Crippen LogP contribution >= 0.6 is 23.2 Å². The highest BCUT2D eigenvalue weighted by Gasteiger charge is 2.35. The number of carboxylic acids is 1. The largest absolute Gasteiger partial charge is 0.481 e. The van der Waals surface area contributed by atoms with Crippen LogP contribution in [0.4, 0.5) is 10.5 Å². The second-order valence-corrected chi connectivity index (χ2v) is 5.07. The van der Waals surface area contributed by atoms with Gasteiger partial charge in [-0.05, 0) is 12.1 Å². The van der Waals surface area contributed by atoms with Crippen LogP contribution in [0.3, 0.4) is 0 Å². The fourth-order valence-corrected chi connectivity index (χ4v) is 2.21. The Kier molecular flexibility index (Phi) is 4.69. The number of nitrogens with one attached hydrogen (secondary N) is 2. The van der Waals surface area contributed by atoms with Crippen molar-refractivity contribution >= 4 is 40.9 Å². The monoisotopic (exact) mass is 318 g/mol. The summed E-state index contributed by atoms with van der Waals surface area (Å²) in [7, 11) is 0. The third-order valence-corrected chi connectivity index (χ3v) is 3.73. The number of carbonyl (C=O) groups is 2. The predicted molar refractivity (Wildman–Crippen MR) is 74.3 cm³/mol. The summed E-state index contributed by atoms with van der Waals surface area (Å²) in [5, 5.41) is 14.6. The number of benzene rings is 1. The molecule has 2 atom stereocenters. The summed E-state index contributed by atoms with van der Waals surface area (Å²) >= 11 is 11.8. The molecule has 0 saturated carbocycles. The van der Waals surface area contributed by atoms with Crippen molar-refractivity contribution in [1.82, 2.24) is 5.32 Å². The highest BCUT2D eigenvalue weighted by molar-refractivity contribution is 6.43. The van der Waals surface area contributed by atoms with E-state index < -0.39 is 24.0 Å². The van der Waals surface area contributed by atoms with E-state index in [-0.39, 0.29) is 18.2 Å². The second-order valence-electron chi connectivity index (χ2n) is 4.29. The Morgan fingerprint density at radius 2 is 2.05 bits per heavy atom. The Morgan fingerprint density at radius 3 is 2.75 bits per heavy atom. The smallest absolute Gasteiger partial charge is 0.319 e. The van der Waals surface area contributed by atoms with Crippen molar-refractivity contribution in [2.24, 2.45) is 5.92 Å². The van der Waals surface area contributed by atoms with Gasteiger partial charge in [0.1, 0.15) is 5.92 Å². The summed E-state index contributed by atoms with van der Waals surface area (Å²) in [6, 6.07) is 3.69. The first-order valence-corrected chi connectivity index (χ1v) is 6.56. The van der Waals surface area contributed by atoms with Crippen LogP contribution in [0.5, 0.6) is 0 Å². The molecule has 0 aromatic heterocycles. The molecule has 1 aromatic rings. The zero-order valence-corrected chi connectivity index (χ0v) is 11.7. The molecule has 2 amide bonds. The number of carboxylic acid groups (broad SMARTS) is 1. The van der Waals surface area contributed by atoms with E-state index in [4.69, 9.17) is 33.0 Å². The van der Waals surface area contributed by atoms with Gasteiger partial charge in [0.25, 0.3) is 0 Å². The number of urea groups is 1. The van der Waals surface area contributed by atoms with Crippen LogP contribution in [0, 0.1) is 5.92 Å². The molecule has 8 heteroatoms. The molecule has 0 radical (unpaired) electrons. The lowest BCUT2D eigenvalue weighted by Crippen LogP contribution is -2.44. The van der Waals surface area contributed by atoms with E-state index in [0.29, 0.717) is 10.7 Å². The fourth-order valence-electron chi connectivity index (χ4n) is 1.87. The summed E-state index contributed by atoms with van der Waals surface area (Å²) in [5.74, 6) is -1.76. The van der Waals surface area contributed by atoms with Crippen molar-refractivity contribution in [1.29, 1.82) is 0 Å². The molecular formula is C12H12Cl2N2O4. The van der Waals surface area contributed by atoms with Crippen molar-refractivity contribution in [3.05, 3.63) is 28.2 Å². The first-order valence-electron chi connectivity index (χ1n) is 5.81. The van der Waals surface area contributed by atoms with Crippen molar-refractivity contribution < 1.29 is 19.4 Å². The van der Waals surface area contributed by atoms with Gasteiger partial charge in [-0.15, -0.1) is 0 Å². The molecule has 1 aliphatic rings. The molecule has 1 saturated heterocycles. The van der Waals surface area contributed by atoms with Gasteiger partial charge in [0.05, 0.1) is 35.0 Å². The minimum atomic E-state index is -1.01. The van der Waals surface area contributed by atoms with Crippen LogP contribution in [0.1, 0.15) is 0 Å². The Labute approximate surface area is 125 Å². The SMILES string of the molecule is O=C(Nc1cccc(Cl)c1Cl)NC1COCC1C(=O)O. The number of hydrogen-bond donors (Lipinski definition) is 3. The molecule has 2 rings (SSSR count). The maximum absolute atomic E-state index is 11.8. The molecule has 20 heavy (non-hydrogen) atoms. The van der Waals surface area contributed by atoms with Crippen LogP contribution in [0.25, 0.3) is 0 Å². The van der Waals surface area contributed by atoms with Gasteiger partial charge < -0.3 is 20.5 Å². The minimum absolute atomic E-state index is 0.0815. The number of hydrogen-bond acceptors (Lipinski definition) is 3. The zero-order chi connectivity index (χ0) is 14.7. The molecule has 0 bridgehead atoms. The van der Waals surface area contributed by atoms with E-state index in [1.165, 1.54) is 0 Å². The highest BCUT2D eigenvalue weighted by atomic mass is 35.5. The lowest BCUT2D eigenvalue weighted by atomic mass is 10.0. The van der Waals surface area contributed by atoms with Gasteiger partial charge in [0.15, 0.2) is 0 Å². The molecule has 2 unspecified atom stereocenters. The summed E-state index contributed by atoms with van der Waals surface area (Å²) in [5.41, 5.74) is 0.349. The fraction of sp³-hybridized carbons (Fsp3) is 0.333. The normalized spacial score (nSPS) is 21.5. The number of carbonyl (C=O) groups excluding carboxylic acids is 1. The van der Waals surface area contributed by atoms with E-state index >= 15 is 0 Å². The van der Waals surface area contributed by atoms with Gasteiger partial charge in [-0.3, -0.25) is 4.79 Å². The van der Waals surface area contributed by atoms with Gasteiger partial charge in [-0.25, -0.2) is 4.79 Å². The number of rotatable bonds is 3. The average Bonchev–Trinajstić information content (AvgIpc) is 2.83. The van der Waals surface area contributed by atoms with Crippen LogP contribution < -0.4 is 10.6 Å². The third kappa shape index (κ3) is 3.33. The summed E-state index contributed by atoms with van der Waals surface area (Å²) in [6.45, 7) is 0.242. The third-order valence-electron chi connectivity index (χ3n) is 2.91. The van der Waals surface area contributed by atoms with Gasteiger partial charge in [-0.1, -0.05) is 29.3 Å². The van der Waals surface area contributed by atoms with Crippen LogP contribution in [0.2, 0.25) is 10.0 Å². The topological polar surface area (TPSA) is 87.7 Å². The molecule has 1 fully saturated rings. The van der Waals surface area contributed by atoms with E-state index in [0.717, 1.165) is 0 Å². The minimum Gasteiger partial charge on any atom is -0.481 e. The molecule has 0 aliphatic carbocycles. The number of amides is 2. The first kappa shape index (κ1) is 14.9. The van der Waals surface area contributed by atoms with Crippen molar-refractivity contribution in [2.75, 3.05) is 18.5 Å². The highest BCUT2D eigenvalue weighted by Crippen LogP contribution is 2.29. The van der Waals surface area contributed by atoms with Crippen LogP contribution in [-0.4, -0.2) is 36.4 Å². The summed E-state index contributed by atoms with van der Waals surface area (Å²) < 4.78 is 5.05. The molecule has 1 aliphatic heterocycles. The Hall–Kier alpha value is -1.50. The lowest BCUT2D eigenvalue weighted by molar-refractivity contribution is -0.142. The zero-order valence-electron chi connectivity index (χ0n) is 10.2. The average molecular weight is 319 g/mol. The Morgan fingerprint density at radius 1 is 1.30 bits per heavy atom. The van der Waals surface area contributed by atoms with Gasteiger partial charge in [0.2, 0.25) is 0 Å². The van der Waals surface area contributed by atoms with Gasteiger partial charge >= 0.3 is 12.0 Å². The van der Waals surface area contributed by atoms with Crippen molar-refractivity contribution in [3.63, 3.8) is 0 Å². The molecule has 3 N–H and O–H groups in total. The number of anilines is 1. The van der Waals surface area contributed by atoms with E-state index in [9.17, 15) is 9.59 Å². The quantitative estimate of drug-likeness (QED) is 0.797. The van der Waals surface area contributed by atoms with E-state index in [1.807, 2.05) is 0 Å². The molecule has 108 valence electrons. The summed E-state index contributed by atoms with van der Waals surface area (Å²) in [4.78, 5) is 22.8. The summed E-state index contributed by atoms with van der Waals surface area (Å²) in [6.07, 6.45) is 0. The molecule has 1 heterocycles. The molecule has 1 aromatic carbocycles. The maximum Gasteiger partial charge on any atom is 0.319 e. The predicted octanol–water partition coefficient (Wildman–Crippen LogP) is 2.21. The van der Waals surface area contributed by atoms with Gasteiger partial charge in [0, 0.05) is 0 Å². The number of ether oxygens (including phenoxy) is 1.